The van der Waals surface area contributed by atoms with Crippen molar-refractivity contribution in [2.24, 2.45) is 5.73 Å². The van der Waals surface area contributed by atoms with Crippen LogP contribution in [0.25, 0.3) is 0 Å². The monoisotopic (exact) mass is 271 g/mol. The first-order chi connectivity index (χ1) is 7.04. The number of nitrogens with two attached hydrogens (primary N) is 1. The van der Waals surface area contributed by atoms with E-state index in [0.29, 0.717) is 19.6 Å². The van der Waals surface area contributed by atoms with Crippen molar-refractivity contribution in [2.75, 3.05) is 26.7 Å². The average Bonchev–Trinajstić information content (AvgIpc) is 2.66. The van der Waals surface area contributed by atoms with E-state index in [1.807, 2.05) is 6.92 Å². The van der Waals surface area contributed by atoms with Crippen molar-refractivity contribution in [2.45, 2.75) is 32.2 Å². The largest absolute Gasteiger partial charge is 0.329 e. The summed E-state index contributed by atoms with van der Waals surface area (Å²) in [5.74, 6) is 0. The molecule has 0 radical (unpaired) electrons. The molecule has 0 aliphatic carbocycles. The average molecular weight is 272 g/mol. The summed E-state index contributed by atoms with van der Waals surface area (Å²) in [4.78, 5) is 0. The number of halogens is 1. The fraction of sp³-hybridized carbons (Fsp3) is 1.00. The van der Waals surface area contributed by atoms with Crippen LogP contribution in [0.1, 0.15) is 26.2 Å². The van der Waals surface area contributed by atoms with Crippen molar-refractivity contribution in [1.29, 1.82) is 0 Å². The van der Waals surface area contributed by atoms with Crippen molar-refractivity contribution < 1.29 is 8.42 Å². The second-order valence-corrected chi connectivity index (χ2v) is 5.96. The van der Waals surface area contributed by atoms with Gasteiger partial charge in [-0.2, -0.15) is 17.0 Å². The maximum atomic E-state index is 12.1. The zero-order chi connectivity index (χ0) is 11.5. The number of hydrogen-bond acceptors (Lipinski definition) is 3. The second kappa shape index (κ2) is 6.76. The van der Waals surface area contributed by atoms with Gasteiger partial charge in [-0.3, -0.25) is 0 Å². The van der Waals surface area contributed by atoms with E-state index < -0.39 is 10.2 Å². The summed E-state index contributed by atoms with van der Waals surface area (Å²) in [6.45, 7) is 3.56. The lowest BCUT2D eigenvalue weighted by Crippen LogP contribution is -2.46. The van der Waals surface area contributed by atoms with E-state index in [1.54, 1.807) is 11.4 Å². The molecular weight excluding hydrogens is 250 g/mol. The lowest BCUT2D eigenvalue weighted by Gasteiger charge is -2.27. The van der Waals surface area contributed by atoms with Gasteiger partial charge in [-0.1, -0.05) is 6.92 Å². The van der Waals surface area contributed by atoms with Gasteiger partial charge in [0.25, 0.3) is 10.2 Å². The van der Waals surface area contributed by atoms with Gasteiger partial charge in [0.05, 0.1) is 0 Å². The molecule has 0 aromatic rings. The minimum Gasteiger partial charge on any atom is -0.329 e. The van der Waals surface area contributed by atoms with Gasteiger partial charge in [-0.25, -0.2) is 0 Å². The summed E-state index contributed by atoms with van der Waals surface area (Å²) < 4.78 is 27.1. The fourth-order valence-corrected chi connectivity index (χ4v) is 3.66. The molecule has 1 fully saturated rings. The SMILES string of the molecule is CCCN(C)S(=O)(=O)N1CCCC1CN.Cl. The third-order valence-electron chi connectivity index (χ3n) is 2.82. The summed E-state index contributed by atoms with van der Waals surface area (Å²) in [6, 6.07) is -0.00527. The smallest absolute Gasteiger partial charge is 0.282 e. The molecule has 0 aromatic heterocycles. The Balaban J connectivity index is 0.00000225. The van der Waals surface area contributed by atoms with Crippen LogP contribution < -0.4 is 5.73 Å². The molecule has 1 aliphatic rings. The third kappa shape index (κ3) is 3.30. The molecule has 1 aliphatic heterocycles. The Bertz CT molecular complexity index is 297. The molecule has 0 saturated carbocycles. The first-order valence-electron chi connectivity index (χ1n) is 5.47. The highest BCUT2D eigenvalue weighted by Crippen LogP contribution is 2.21. The molecule has 16 heavy (non-hydrogen) atoms. The van der Waals surface area contributed by atoms with E-state index in [-0.39, 0.29) is 18.4 Å². The van der Waals surface area contributed by atoms with Crippen molar-refractivity contribution in [3.8, 4) is 0 Å². The van der Waals surface area contributed by atoms with E-state index in [1.165, 1.54) is 4.31 Å². The molecule has 1 heterocycles. The van der Waals surface area contributed by atoms with Crippen LogP contribution in [0.3, 0.4) is 0 Å². The van der Waals surface area contributed by atoms with Crippen molar-refractivity contribution in [3.63, 3.8) is 0 Å². The predicted molar refractivity (Wildman–Crippen MR) is 67.9 cm³/mol. The van der Waals surface area contributed by atoms with Gasteiger partial charge < -0.3 is 5.73 Å². The summed E-state index contributed by atoms with van der Waals surface area (Å²) in [6.07, 6.45) is 2.63. The van der Waals surface area contributed by atoms with E-state index in [4.69, 9.17) is 5.73 Å². The summed E-state index contributed by atoms with van der Waals surface area (Å²) >= 11 is 0. The van der Waals surface area contributed by atoms with Crippen molar-refractivity contribution in [1.82, 2.24) is 8.61 Å². The Hall–Kier alpha value is 0.120. The standard InChI is InChI=1S/C9H21N3O2S.ClH/c1-3-6-11(2)15(13,14)12-7-4-5-9(12)8-10;/h9H,3-8,10H2,1-2H3;1H. The lowest BCUT2D eigenvalue weighted by atomic mass is 10.2. The molecule has 7 heteroatoms. The molecular formula is C9H22ClN3O2S. The molecule has 98 valence electrons. The summed E-state index contributed by atoms with van der Waals surface area (Å²) in [5, 5.41) is 0. The number of rotatable bonds is 5. The van der Waals surface area contributed by atoms with E-state index >= 15 is 0 Å². The number of hydrogen-bond donors (Lipinski definition) is 1. The first-order valence-corrected chi connectivity index (χ1v) is 6.87. The van der Waals surface area contributed by atoms with Gasteiger partial charge >= 0.3 is 0 Å². The Morgan fingerprint density at radius 1 is 1.50 bits per heavy atom. The lowest BCUT2D eigenvalue weighted by molar-refractivity contribution is 0.346. The molecule has 0 spiro atoms. The zero-order valence-electron chi connectivity index (χ0n) is 9.92. The first kappa shape index (κ1) is 16.1. The highest BCUT2D eigenvalue weighted by atomic mass is 35.5. The third-order valence-corrected chi connectivity index (χ3v) is 4.87. The minimum atomic E-state index is -3.28. The van der Waals surface area contributed by atoms with Gasteiger partial charge in [0.15, 0.2) is 0 Å². The van der Waals surface area contributed by atoms with Gasteiger partial charge in [-0.05, 0) is 19.3 Å². The van der Waals surface area contributed by atoms with Crippen molar-refractivity contribution in [3.05, 3.63) is 0 Å². The van der Waals surface area contributed by atoms with E-state index in [9.17, 15) is 8.42 Å². The highest BCUT2D eigenvalue weighted by Gasteiger charge is 2.35. The van der Waals surface area contributed by atoms with Crippen LogP contribution in [0.5, 0.6) is 0 Å². The normalized spacial score (nSPS) is 22.4. The Kier molecular flexibility index (Phi) is 6.81. The van der Waals surface area contributed by atoms with Crippen LogP contribution in [-0.4, -0.2) is 49.8 Å². The zero-order valence-corrected chi connectivity index (χ0v) is 11.6. The maximum absolute atomic E-state index is 12.1. The van der Waals surface area contributed by atoms with Crippen LogP contribution in [0.15, 0.2) is 0 Å². The quantitative estimate of drug-likeness (QED) is 0.788. The van der Waals surface area contributed by atoms with E-state index in [0.717, 1.165) is 19.3 Å². The van der Waals surface area contributed by atoms with Gasteiger partial charge in [-0.15, -0.1) is 12.4 Å². The van der Waals surface area contributed by atoms with Crippen LogP contribution in [-0.2, 0) is 10.2 Å². The predicted octanol–water partition coefficient (Wildman–Crippen LogP) is 0.418. The topological polar surface area (TPSA) is 66.6 Å². The van der Waals surface area contributed by atoms with Crippen LogP contribution in [0, 0.1) is 0 Å². The molecule has 1 atom stereocenters. The van der Waals surface area contributed by atoms with E-state index in [2.05, 4.69) is 0 Å². The Morgan fingerprint density at radius 2 is 2.12 bits per heavy atom. The fourth-order valence-electron chi connectivity index (χ4n) is 1.96. The Morgan fingerprint density at radius 3 is 2.62 bits per heavy atom. The molecule has 2 N–H and O–H groups in total. The highest BCUT2D eigenvalue weighted by molar-refractivity contribution is 7.86. The van der Waals surface area contributed by atoms with Crippen molar-refractivity contribution >= 4 is 22.6 Å². The molecule has 0 bridgehead atoms. The van der Waals surface area contributed by atoms with Gasteiger partial charge in [0, 0.05) is 32.7 Å². The molecule has 0 amide bonds. The van der Waals surface area contributed by atoms with Crippen LogP contribution in [0.4, 0.5) is 0 Å². The molecule has 0 aromatic carbocycles. The van der Waals surface area contributed by atoms with Crippen LogP contribution >= 0.6 is 12.4 Å². The number of nitrogens with zero attached hydrogens (tertiary/aromatic N) is 2. The second-order valence-electron chi connectivity index (χ2n) is 3.97. The van der Waals surface area contributed by atoms with Gasteiger partial charge in [0.1, 0.15) is 0 Å². The molecule has 1 rings (SSSR count). The molecule has 1 unspecified atom stereocenters. The summed E-state index contributed by atoms with van der Waals surface area (Å²) in [5.41, 5.74) is 5.57. The van der Waals surface area contributed by atoms with Crippen LogP contribution in [0.2, 0.25) is 0 Å². The maximum Gasteiger partial charge on any atom is 0.282 e. The molecule has 5 nitrogen and oxygen atoms in total. The summed E-state index contributed by atoms with van der Waals surface area (Å²) in [7, 11) is -1.65. The Labute approximate surface area is 105 Å². The minimum absolute atomic E-state index is 0. The molecule has 1 saturated heterocycles. The van der Waals surface area contributed by atoms with Gasteiger partial charge in [0.2, 0.25) is 0 Å².